The Hall–Kier alpha value is -2.35. The second kappa shape index (κ2) is 9.91. The monoisotopic (exact) mass is 447 g/mol. The number of thioether (sulfide) groups is 1. The first-order chi connectivity index (χ1) is 13.9. The summed E-state index contributed by atoms with van der Waals surface area (Å²) in [6, 6.07) is 14.9. The summed E-state index contributed by atoms with van der Waals surface area (Å²) in [4.78, 5) is 25.2. The van der Waals surface area contributed by atoms with Gasteiger partial charge in [-0.25, -0.2) is 0 Å². The minimum Gasteiger partial charge on any atom is -0.489 e. The van der Waals surface area contributed by atoms with Crippen LogP contribution < -0.4 is 4.74 Å². The average Bonchev–Trinajstić information content (AvgIpc) is 2.95. The van der Waals surface area contributed by atoms with Crippen LogP contribution in [0.3, 0.4) is 0 Å². The summed E-state index contributed by atoms with van der Waals surface area (Å²) in [5.74, 6) is -0.428. The van der Waals surface area contributed by atoms with Crippen LogP contribution in [-0.2, 0) is 16.2 Å². The first kappa shape index (κ1) is 21.4. The number of benzene rings is 2. The van der Waals surface area contributed by atoms with Crippen molar-refractivity contribution in [2.75, 3.05) is 6.54 Å². The van der Waals surface area contributed by atoms with Crippen molar-refractivity contribution in [1.29, 1.82) is 0 Å². The molecule has 1 heterocycles. The molecule has 1 fully saturated rings. The Morgan fingerprint density at radius 3 is 2.79 bits per heavy atom. The molecule has 1 N–H and O–H groups in total. The van der Waals surface area contributed by atoms with Crippen LogP contribution in [0.25, 0.3) is 6.08 Å². The molecule has 0 bridgehead atoms. The molecular formula is C21H18ClNO4S2. The highest BCUT2D eigenvalue weighted by atomic mass is 35.5. The summed E-state index contributed by atoms with van der Waals surface area (Å²) in [5.41, 5.74) is 1.70. The highest BCUT2D eigenvalue weighted by Gasteiger charge is 2.31. The molecule has 0 unspecified atom stereocenters. The molecule has 8 heteroatoms. The van der Waals surface area contributed by atoms with Gasteiger partial charge in [-0.05, 0) is 36.3 Å². The van der Waals surface area contributed by atoms with Gasteiger partial charge in [0.1, 0.15) is 16.7 Å². The molecule has 0 radical (unpaired) electrons. The van der Waals surface area contributed by atoms with Crippen LogP contribution in [0.5, 0.6) is 5.75 Å². The third kappa shape index (κ3) is 5.82. The van der Waals surface area contributed by atoms with Gasteiger partial charge in [0, 0.05) is 23.6 Å². The van der Waals surface area contributed by atoms with Gasteiger partial charge in [0.2, 0.25) is 0 Å². The third-order valence-electron chi connectivity index (χ3n) is 4.15. The molecule has 150 valence electrons. The molecule has 3 rings (SSSR count). The van der Waals surface area contributed by atoms with E-state index in [1.807, 2.05) is 48.5 Å². The fourth-order valence-corrected chi connectivity index (χ4v) is 4.20. The Kier molecular flexibility index (Phi) is 7.30. The Morgan fingerprint density at radius 1 is 1.24 bits per heavy atom. The van der Waals surface area contributed by atoms with Crippen molar-refractivity contribution in [2.45, 2.75) is 19.4 Å². The molecule has 1 aliphatic heterocycles. The summed E-state index contributed by atoms with van der Waals surface area (Å²) in [7, 11) is 0. The maximum atomic E-state index is 12.6. The van der Waals surface area contributed by atoms with Gasteiger partial charge in [0.25, 0.3) is 5.91 Å². The fraction of sp³-hybridized carbons (Fsp3) is 0.190. The molecule has 29 heavy (non-hydrogen) atoms. The van der Waals surface area contributed by atoms with Crippen LogP contribution in [0.1, 0.15) is 24.0 Å². The van der Waals surface area contributed by atoms with Crippen molar-refractivity contribution in [3.05, 3.63) is 69.6 Å². The predicted molar refractivity (Wildman–Crippen MR) is 119 cm³/mol. The van der Waals surface area contributed by atoms with Crippen molar-refractivity contribution < 1.29 is 19.4 Å². The lowest BCUT2D eigenvalue weighted by atomic mass is 10.2. The summed E-state index contributed by atoms with van der Waals surface area (Å²) >= 11 is 12.6. The molecule has 5 nitrogen and oxygen atoms in total. The van der Waals surface area contributed by atoms with Crippen molar-refractivity contribution in [1.82, 2.24) is 4.90 Å². The van der Waals surface area contributed by atoms with Crippen molar-refractivity contribution in [3.8, 4) is 5.75 Å². The number of carbonyl (C=O) groups is 2. The largest absolute Gasteiger partial charge is 0.489 e. The molecule has 0 aromatic heterocycles. The normalized spacial score (nSPS) is 15.2. The summed E-state index contributed by atoms with van der Waals surface area (Å²) < 4.78 is 6.27. The molecular weight excluding hydrogens is 430 g/mol. The zero-order chi connectivity index (χ0) is 20.8. The van der Waals surface area contributed by atoms with E-state index >= 15 is 0 Å². The van der Waals surface area contributed by atoms with Gasteiger partial charge in [0.15, 0.2) is 0 Å². The van der Waals surface area contributed by atoms with E-state index in [4.69, 9.17) is 33.7 Å². The second-order valence-corrected chi connectivity index (χ2v) is 8.37. The van der Waals surface area contributed by atoms with Crippen LogP contribution in [0, 0.1) is 0 Å². The number of ether oxygens (including phenoxy) is 1. The first-order valence-electron chi connectivity index (χ1n) is 8.87. The Balaban J connectivity index is 1.66. The minimum atomic E-state index is -0.889. The Morgan fingerprint density at radius 2 is 2.03 bits per heavy atom. The molecule has 0 spiro atoms. The van der Waals surface area contributed by atoms with E-state index in [1.54, 1.807) is 6.08 Å². The van der Waals surface area contributed by atoms with Gasteiger partial charge in [-0.3, -0.25) is 14.5 Å². The van der Waals surface area contributed by atoms with E-state index in [2.05, 4.69) is 0 Å². The zero-order valence-corrected chi connectivity index (χ0v) is 17.7. The van der Waals surface area contributed by atoms with E-state index in [1.165, 1.54) is 16.7 Å². The topological polar surface area (TPSA) is 66.8 Å². The fourth-order valence-electron chi connectivity index (χ4n) is 2.70. The number of nitrogens with zero attached hydrogens (tertiary/aromatic N) is 1. The predicted octanol–water partition coefficient (Wildman–Crippen LogP) is 4.99. The average molecular weight is 448 g/mol. The third-order valence-corrected chi connectivity index (χ3v) is 5.90. The van der Waals surface area contributed by atoms with E-state index in [0.717, 1.165) is 11.1 Å². The number of hydrogen-bond donors (Lipinski definition) is 1. The maximum Gasteiger partial charge on any atom is 0.303 e. The van der Waals surface area contributed by atoms with Crippen molar-refractivity contribution >= 4 is 57.9 Å². The number of carboxylic acid groups (broad SMARTS) is 1. The quantitative estimate of drug-likeness (QED) is 0.454. The van der Waals surface area contributed by atoms with Gasteiger partial charge in [-0.1, -0.05) is 65.9 Å². The smallest absolute Gasteiger partial charge is 0.303 e. The molecule has 1 amide bonds. The highest BCUT2D eigenvalue weighted by Crippen LogP contribution is 2.33. The standard InChI is InChI=1S/C21H18ClNO4S2/c22-17-8-2-1-6-15(17)13-27-16-7-3-5-14(11-16)12-18-20(26)23(21(28)29-18)10-4-9-19(24)25/h1-3,5-8,11-12H,4,9-10,13H2,(H,24,25)/b18-12+. The lowest BCUT2D eigenvalue weighted by molar-refractivity contribution is -0.137. The zero-order valence-electron chi connectivity index (χ0n) is 15.3. The van der Waals surface area contributed by atoms with Gasteiger partial charge in [0.05, 0.1) is 4.91 Å². The number of thiocarbonyl (C=S) groups is 1. The van der Waals surface area contributed by atoms with Crippen LogP contribution in [0.4, 0.5) is 0 Å². The highest BCUT2D eigenvalue weighted by molar-refractivity contribution is 8.26. The maximum absolute atomic E-state index is 12.6. The number of carboxylic acids is 1. The van der Waals surface area contributed by atoms with E-state index in [-0.39, 0.29) is 12.3 Å². The summed E-state index contributed by atoms with van der Waals surface area (Å²) in [6.45, 7) is 0.643. The minimum absolute atomic E-state index is 0.000915. The molecule has 1 saturated heterocycles. The second-order valence-electron chi connectivity index (χ2n) is 6.28. The van der Waals surface area contributed by atoms with E-state index in [9.17, 15) is 9.59 Å². The summed E-state index contributed by atoms with van der Waals surface area (Å²) in [5, 5.41) is 9.40. The van der Waals surface area contributed by atoms with E-state index < -0.39 is 5.97 Å². The Bertz CT molecular complexity index is 977. The van der Waals surface area contributed by atoms with Crippen LogP contribution in [-0.4, -0.2) is 32.7 Å². The van der Waals surface area contributed by atoms with Gasteiger partial charge in [-0.2, -0.15) is 0 Å². The van der Waals surface area contributed by atoms with Crippen LogP contribution in [0.15, 0.2) is 53.4 Å². The molecule has 0 saturated carbocycles. The van der Waals surface area contributed by atoms with Gasteiger partial charge in [-0.15, -0.1) is 0 Å². The van der Waals surface area contributed by atoms with Crippen LogP contribution >= 0.6 is 35.6 Å². The van der Waals surface area contributed by atoms with Crippen molar-refractivity contribution in [3.63, 3.8) is 0 Å². The lowest BCUT2D eigenvalue weighted by Gasteiger charge is -2.13. The molecule has 0 atom stereocenters. The van der Waals surface area contributed by atoms with Crippen molar-refractivity contribution in [2.24, 2.45) is 0 Å². The number of hydrogen-bond acceptors (Lipinski definition) is 5. The number of aliphatic carboxylic acids is 1. The molecule has 1 aliphatic rings. The van der Waals surface area contributed by atoms with Crippen LogP contribution in [0.2, 0.25) is 5.02 Å². The molecule has 0 aliphatic carbocycles. The molecule has 2 aromatic carbocycles. The van der Waals surface area contributed by atoms with Gasteiger partial charge >= 0.3 is 5.97 Å². The Labute approximate surface area is 183 Å². The van der Waals surface area contributed by atoms with Gasteiger partial charge < -0.3 is 9.84 Å². The SMILES string of the molecule is O=C(O)CCCN1C(=O)/C(=C\c2cccc(OCc3ccccc3Cl)c2)SC1=S. The first-order valence-corrected chi connectivity index (χ1v) is 10.5. The number of halogens is 1. The summed E-state index contributed by atoms with van der Waals surface area (Å²) in [6.07, 6.45) is 2.13. The number of rotatable bonds is 8. The molecule has 2 aromatic rings. The number of amides is 1. The van der Waals surface area contributed by atoms with E-state index in [0.29, 0.717) is 39.6 Å². The number of carbonyl (C=O) groups excluding carboxylic acids is 1. The lowest BCUT2D eigenvalue weighted by Crippen LogP contribution is -2.29.